The number of rotatable bonds is 4. The summed E-state index contributed by atoms with van der Waals surface area (Å²) in [6, 6.07) is 7.81. The van der Waals surface area contributed by atoms with Crippen LogP contribution in [0.5, 0.6) is 0 Å². The van der Waals surface area contributed by atoms with Crippen molar-refractivity contribution in [1.29, 1.82) is 0 Å². The highest BCUT2D eigenvalue weighted by Gasteiger charge is 2.17. The molecule has 1 aromatic rings. The third kappa shape index (κ3) is 3.86. The Labute approximate surface area is 102 Å². The maximum absolute atomic E-state index is 10.7. The maximum atomic E-state index is 10.7. The molecule has 0 amide bonds. The Morgan fingerprint density at radius 1 is 1.24 bits per heavy atom. The van der Waals surface area contributed by atoms with E-state index in [2.05, 4.69) is 20.8 Å². The summed E-state index contributed by atoms with van der Waals surface area (Å²) in [6.07, 6.45) is -0.0363. The highest BCUT2D eigenvalue weighted by atomic mass is 16.4. The second-order valence-corrected chi connectivity index (χ2v) is 5.35. The number of carbonyl (C=O) groups is 1. The summed E-state index contributed by atoms with van der Waals surface area (Å²) in [6.45, 7) is 6.25. The fourth-order valence-electron chi connectivity index (χ4n) is 1.75. The van der Waals surface area contributed by atoms with E-state index in [1.807, 2.05) is 24.3 Å². The van der Waals surface area contributed by atoms with Gasteiger partial charge in [-0.1, -0.05) is 45.0 Å². The molecule has 94 valence electrons. The first-order valence-electron chi connectivity index (χ1n) is 5.77. The van der Waals surface area contributed by atoms with Crippen molar-refractivity contribution >= 4 is 5.97 Å². The lowest BCUT2D eigenvalue weighted by atomic mass is 9.85. The summed E-state index contributed by atoms with van der Waals surface area (Å²) >= 11 is 0. The van der Waals surface area contributed by atoms with E-state index in [4.69, 9.17) is 5.11 Å². The molecule has 0 saturated heterocycles. The zero-order valence-electron chi connectivity index (χ0n) is 10.6. The highest BCUT2D eigenvalue weighted by Crippen LogP contribution is 2.25. The molecule has 1 rings (SSSR count). The Balaban J connectivity index is 2.89. The van der Waals surface area contributed by atoms with Crippen LogP contribution in [0, 0.1) is 0 Å². The zero-order chi connectivity index (χ0) is 13.1. The molecule has 0 radical (unpaired) electrons. The molecule has 0 fully saturated rings. The lowest BCUT2D eigenvalue weighted by Gasteiger charge is -2.20. The van der Waals surface area contributed by atoms with Crippen LogP contribution in [0.2, 0.25) is 0 Å². The van der Waals surface area contributed by atoms with Crippen LogP contribution >= 0.6 is 0 Å². The van der Waals surface area contributed by atoms with Crippen molar-refractivity contribution in [2.75, 3.05) is 6.61 Å². The maximum Gasteiger partial charge on any atom is 0.304 e. The summed E-state index contributed by atoms with van der Waals surface area (Å²) in [4.78, 5) is 10.7. The van der Waals surface area contributed by atoms with Crippen molar-refractivity contribution in [3.05, 3.63) is 35.4 Å². The van der Waals surface area contributed by atoms with Gasteiger partial charge >= 0.3 is 5.97 Å². The van der Waals surface area contributed by atoms with Gasteiger partial charge in [0.05, 0.1) is 13.0 Å². The van der Waals surface area contributed by atoms with Gasteiger partial charge in [0, 0.05) is 5.92 Å². The van der Waals surface area contributed by atoms with Crippen LogP contribution in [-0.4, -0.2) is 22.8 Å². The normalized spacial score (nSPS) is 13.4. The molecular formula is C14H20O3. The fourth-order valence-corrected chi connectivity index (χ4v) is 1.75. The van der Waals surface area contributed by atoms with E-state index in [0.717, 1.165) is 5.56 Å². The van der Waals surface area contributed by atoms with Gasteiger partial charge in [-0.2, -0.15) is 0 Å². The monoisotopic (exact) mass is 236 g/mol. The molecule has 1 aromatic carbocycles. The number of aliphatic hydroxyl groups is 1. The number of aliphatic hydroxyl groups excluding tert-OH is 1. The summed E-state index contributed by atoms with van der Waals surface area (Å²) < 4.78 is 0. The molecular weight excluding hydrogens is 216 g/mol. The minimum atomic E-state index is -0.885. The number of hydrogen-bond donors (Lipinski definition) is 2. The van der Waals surface area contributed by atoms with Crippen molar-refractivity contribution in [1.82, 2.24) is 0 Å². The molecule has 3 heteroatoms. The van der Waals surface area contributed by atoms with Crippen molar-refractivity contribution in [2.24, 2.45) is 0 Å². The number of hydrogen-bond acceptors (Lipinski definition) is 2. The second kappa shape index (κ2) is 5.32. The van der Waals surface area contributed by atoms with Gasteiger partial charge in [-0.25, -0.2) is 0 Å². The Morgan fingerprint density at radius 2 is 1.76 bits per heavy atom. The summed E-state index contributed by atoms with van der Waals surface area (Å²) in [5, 5.41) is 17.9. The van der Waals surface area contributed by atoms with Crippen molar-refractivity contribution in [3.63, 3.8) is 0 Å². The van der Waals surface area contributed by atoms with Crippen LogP contribution in [0.15, 0.2) is 24.3 Å². The first kappa shape index (κ1) is 13.7. The Bertz CT molecular complexity index is 373. The van der Waals surface area contributed by atoms with Gasteiger partial charge in [-0.05, 0) is 16.5 Å². The van der Waals surface area contributed by atoms with Gasteiger partial charge in [0.15, 0.2) is 0 Å². The minimum Gasteiger partial charge on any atom is -0.481 e. The van der Waals surface area contributed by atoms with Gasteiger partial charge in [0.1, 0.15) is 0 Å². The molecule has 0 saturated carbocycles. The molecule has 2 N–H and O–H groups in total. The van der Waals surface area contributed by atoms with Crippen molar-refractivity contribution in [3.8, 4) is 0 Å². The quantitative estimate of drug-likeness (QED) is 0.844. The Hall–Kier alpha value is -1.35. The van der Waals surface area contributed by atoms with Crippen LogP contribution in [-0.2, 0) is 10.2 Å². The average molecular weight is 236 g/mol. The molecule has 0 aliphatic heterocycles. The first-order chi connectivity index (χ1) is 7.84. The highest BCUT2D eigenvalue weighted by molar-refractivity contribution is 5.68. The van der Waals surface area contributed by atoms with E-state index < -0.39 is 5.97 Å². The largest absolute Gasteiger partial charge is 0.481 e. The van der Waals surface area contributed by atoms with E-state index >= 15 is 0 Å². The minimum absolute atomic E-state index is 0.0363. The van der Waals surface area contributed by atoms with E-state index in [1.165, 1.54) is 5.56 Å². The molecule has 1 unspecified atom stereocenters. The summed E-state index contributed by atoms with van der Waals surface area (Å²) in [5.41, 5.74) is 2.16. The van der Waals surface area contributed by atoms with Crippen molar-refractivity contribution < 1.29 is 15.0 Å². The molecule has 0 bridgehead atoms. The number of aliphatic carboxylic acids is 1. The zero-order valence-corrected chi connectivity index (χ0v) is 10.6. The molecule has 17 heavy (non-hydrogen) atoms. The average Bonchev–Trinajstić information content (AvgIpc) is 2.24. The molecule has 0 heterocycles. The smallest absolute Gasteiger partial charge is 0.304 e. The van der Waals surface area contributed by atoms with Gasteiger partial charge in [0.2, 0.25) is 0 Å². The van der Waals surface area contributed by atoms with Crippen LogP contribution in [0.1, 0.15) is 44.2 Å². The predicted molar refractivity (Wildman–Crippen MR) is 67.2 cm³/mol. The fraction of sp³-hybridized carbons (Fsp3) is 0.500. The van der Waals surface area contributed by atoms with E-state index in [9.17, 15) is 9.90 Å². The summed E-state index contributed by atoms with van der Waals surface area (Å²) in [5.74, 6) is -1.20. The molecule has 0 aliphatic carbocycles. The van der Waals surface area contributed by atoms with Crippen LogP contribution < -0.4 is 0 Å². The topological polar surface area (TPSA) is 57.5 Å². The standard InChI is InChI=1S/C14H20O3/c1-14(2,3)12-6-4-10(5-7-12)11(9-15)8-13(16)17/h4-7,11,15H,8-9H2,1-3H3,(H,16,17). The SMILES string of the molecule is CC(C)(C)c1ccc(C(CO)CC(=O)O)cc1. The Morgan fingerprint density at radius 3 is 2.12 bits per heavy atom. The van der Waals surface area contributed by atoms with Gasteiger partial charge in [-0.3, -0.25) is 4.79 Å². The number of benzene rings is 1. The molecule has 0 spiro atoms. The predicted octanol–water partition coefficient (Wildman–Crippen LogP) is 2.53. The third-order valence-corrected chi connectivity index (χ3v) is 2.89. The van der Waals surface area contributed by atoms with Crippen LogP contribution in [0.25, 0.3) is 0 Å². The van der Waals surface area contributed by atoms with E-state index in [-0.39, 0.29) is 24.4 Å². The van der Waals surface area contributed by atoms with Crippen molar-refractivity contribution in [2.45, 2.75) is 38.5 Å². The van der Waals surface area contributed by atoms with Gasteiger partial charge in [0.25, 0.3) is 0 Å². The van der Waals surface area contributed by atoms with Gasteiger partial charge in [-0.15, -0.1) is 0 Å². The lowest BCUT2D eigenvalue weighted by Crippen LogP contribution is -2.13. The third-order valence-electron chi connectivity index (χ3n) is 2.89. The van der Waals surface area contributed by atoms with Crippen LogP contribution in [0.3, 0.4) is 0 Å². The Kier molecular flexibility index (Phi) is 4.29. The summed E-state index contributed by atoms with van der Waals surface area (Å²) in [7, 11) is 0. The molecule has 0 aromatic heterocycles. The molecule has 1 atom stereocenters. The number of carboxylic acid groups (broad SMARTS) is 1. The van der Waals surface area contributed by atoms with E-state index in [0.29, 0.717) is 0 Å². The molecule has 0 aliphatic rings. The van der Waals surface area contributed by atoms with E-state index in [1.54, 1.807) is 0 Å². The molecule has 3 nitrogen and oxygen atoms in total. The second-order valence-electron chi connectivity index (χ2n) is 5.35. The van der Waals surface area contributed by atoms with Crippen LogP contribution in [0.4, 0.5) is 0 Å². The van der Waals surface area contributed by atoms with Gasteiger partial charge < -0.3 is 10.2 Å². The number of carboxylic acids is 1. The first-order valence-corrected chi connectivity index (χ1v) is 5.77. The lowest BCUT2D eigenvalue weighted by molar-refractivity contribution is -0.137.